The Bertz CT molecular complexity index is 624. The van der Waals surface area contributed by atoms with Crippen molar-refractivity contribution in [1.29, 1.82) is 0 Å². The van der Waals surface area contributed by atoms with E-state index in [0.29, 0.717) is 24.6 Å². The third-order valence-electron chi connectivity index (χ3n) is 5.06. The molecule has 1 unspecified atom stereocenters. The van der Waals surface area contributed by atoms with Crippen LogP contribution in [0.25, 0.3) is 0 Å². The van der Waals surface area contributed by atoms with E-state index in [2.05, 4.69) is 15.2 Å². The summed E-state index contributed by atoms with van der Waals surface area (Å²) < 4.78 is 5.54. The summed E-state index contributed by atoms with van der Waals surface area (Å²) in [6, 6.07) is 7.60. The maximum absolute atomic E-state index is 12.3. The molecular formula is C20H31IN4O2. The summed E-state index contributed by atoms with van der Waals surface area (Å²) in [5, 5.41) is 2.96. The maximum Gasteiger partial charge on any atom is 0.251 e. The van der Waals surface area contributed by atoms with E-state index < -0.39 is 0 Å². The molecule has 1 aromatic rings. The second-order valence-corrected chi connectivity index (χ2v) is 7.12. The molecule has 0 bridgehead atoms. The molecular weight excluding hydrogens is 455 g/mol. The van der Waals surface area contributed by atoms with Crippen LogP contribution in [0.2, 0.25) is 0 Å². The number of nitrogens with two attached hydrogens (primary N) is 1. The lowest BCUT2D eigenvalue weighted by Gasteiger charge is -2.21. The standard InChI is InChI=1S/C20H30N4O2.HI/c21-20(24-10-3-1-2-4-11-24)23-14-16-7-5-8-17(13-16)19(25)22-15-18-9-6-12-26-18;/h5,7-8,13,18H,1-4,6,9-12,14-15H2,(H2,21,23)(H,22,25);1H. The molecule has 6 nitrogen and oxygen atoms in total. The fraction of sp³-hybridized carbons (Fsp3) is 0.600. The van der Waals surface area contributed by atoms with Crippen molar-refractivity contribution in [3.05, 3.63) is 35.4 Å². The van der Waals surface area contributed by atoms with Crippen LogP contribution in [0.5, 0.6) is 0 Å². The first-order valence-electron chi connectivity index (χ1n) is 9.76. The smallest absolute Gasteiger partial charge is 0.251 e. The Balaban J connectivity index is 0.00000261. The van der Waals surface area contributed by atoms with Gasteiger partial charge in [0.05, 0.1) is 12.6 Å². The van der Waals surface area contributed by atoms with E-state index in [4.69, 9.17) is 10.5 Å². The average Bonchev–Trinajstić information content (AvgIpc) is 3.04. The molecule has 1 atom stereocenters. The topological polar surface area (TPSA) is 79.9 Å². The first-order valence-corrected chi connectivity index (χ1v) is 9.76. The van der Waals surface area contributed by atoms with Gasteiger partial charge in [-0.1, -0.05) is 25.0 Å². The molecule has 2 fully saturated rings. The van der Waals surface area contributed by atoms with Gasteiger partial charge in [-0.2, -0.15) is 0 Å². The SMILES string of the molecule is I.NC(=NCc1cccc(C(=O)NCC2CCCO2)c1)N1CCCCCC1. The van der Waals surface area contributed by atoms with Crippen molar-refractivity contribution in [2.75, 3.05) is 26.2 Å². The van der Waals surface area contributed by atoms with Crippen LogP contribution in [0.4, 0.5) is 0 Å². The number of aliphatic imine (C=N–C) groups is 1. The first-order chi connectivity index (χ1) is 12.7. The van der Waals surface area contributed by atoms with Gasteiger partial charge in [-0.05, 0) is 43.4 Å². The second-order valence-electron chi connectivity index (χ2n) is 7.12. The highest BCUT2D eigenvalue weighted by molar-refractivity contribution is 14.0. The minimum Gasteiger partial charge on any atom is -0.376 e. The van der Waals surface area contributed by atoms with E-state index in [0.717, 1.165) is 38.1 Å². The Labute approximate surface area is 178 Å². The first kappa shape index (κ1) is 21.9. The molecule has 0 aliphatic carbocycles. The maximum atomic E-state index is 12.3. The lowest BCUT2D eigenvalue weighted by molar-refractivity contribution is 0.0857. The third-order valence-corrected chi connectivity index (χ3v) is 5.06. The zero-order chi connectivity index (χ0) is 18.2. The van der Waals surface area contributed by atoms with Crippen LogP contribution in [-0.2, 0) is 11.3 Å². The molecule has 0 spiro atoms. The number of nitrogens with zero attached hydrogens (tertiary/aromatic N) is 2. The van der Waals surface area contributed by atoms with Crippen molar-refractivity contribution in [3.63, 3.8) is 0 Å². The Kier molecular flexibility index (Phi) is 9.33. The van der Waals surface area contributed by atoms with Crippen molar-refractivity contribution in [1.82, 2.24) is 10.2 Å². The summed E-state index contributed by atoms with van der Waals surface area (Å²) in [5.74, 6) is 0.548. The quantitative estimate of drug-likeness (QED) is 0.381. The molecule has 2 heterocycles. The highest BCUT2D eigenvalue weighted by Crippen LogP contribution is 2.12. The molecule has 3 N–H and O–H groups in total. The zero-order valence-corrected chi connectivity index (χ0v) is 18.2. The molecule has 0 saturated carbocycles. The Morgan fingerprint density at radius 3 is 2.70 bits per heavy atom. The number of rotatable bonds is 5. The van der Waals surface area contributed by atoms with Gasteiger partial charge in [0.15, 0.2) is 5.96 Å². The molecule has 0 radical (unpaired) electrons. The predicted octanol–water partition coefficient (Wildman–Crippen LogP) is 2.90. The van der Waals surface area contributed by atoms with Crippen LogP contribution in [0.15, 0.2) is 29.3 Å². The number of guanidine groups is 1. The van der Waals surface area contributed by atoms with E-state index in [9.17, 15) is 4.79 Å². The molecule has 1 aromatic carbocycles. The molecule has 7 heteroatoms. The van der Waals surface area contributed by atoms with Crippen molar-refractivity contribution >= 4 is 35.8 Å². The van der Waals surface area contributed by atoms with E-state index in [-0.39, 0.29) is 36.0 Å². The Morgan fingerprint density at radius 1 is 1.22 bits per heavy atom. The average molecular weight is 486 g/mol. The van der Waals surface area contributed by atoms with Gasteiger partial charge in [0.2, 0.25) is 0 Å². The summed E-state index contributed by atoms with van der Waals surface area (Å²) >= 11 is 0. The lowest BCUT2D eigenvalue weighted by Crippen LogP contribution is -2.38. The second kappa shape index (κ2) is 11.5. The molecule has 27 heavy (non-hydrogen) atoms. The van der Waals surface area contributed by atoms with E-state index in [1.807, 2.05) is 24.3 Å². The molecule has 0 aromatic heterocycles. The number of benzene rings is 1. The highest BCUT2D eigenvalue weighted by Gasteiger charge is 2.17. The Hall–Kier alpha value is -1.35. The van der Waals surface area contributed by atoms with Crippen molar-refractivity contribution in [2.45, 2.75) is 51.2 Å². The fourth-order valence-electron chi connectivity index (χ4n) is 3.50. The van der Waals surface area contributed by atoms with Crippen LogP contribution < -0.4 is 11.1 Å². The number of hydrogen-bond acceptors (Lipinski definition) is 3. The number of amides is 1. The van der Waals surface area contributed by atoms with Gasteiger partial charge in [0, 0.05) is 31.8 Å². The Morgan fingerprint density at radius 2 is 2.00 bits per heavy atom. The summed E-state index contributed by atoms with van der Waals surface area (Å²) in [7, 11) is 0. The van der Waals surface area contributed by atoms with Gasteiger partial charge in [-0.25, -0.2) is 4.99 Å². The van der Waals surface area contributed by atoms with Crippen molar-refractivity contribution < 1.29 is 9.53 Å². The minimum absolute atomic E-state index is 0. The van der Waals surface area contributed by atoms with Gasteiger partial charge in [-0.3, -0.25) is 4.79 Å². The van der Waals surface area contributed by atoms with Gasteiger partial charge in [0.1, 0.15) is 0 Å². The molecule has 3 rings (SSSR count). The number of likely N-dealkylation sites (tertiary alicyclic amines) is 1. The molecule has 2 aliphatic heterocycles. The van der Waals surface area contributed by atoms with Gasteiger partial charge in [0.25, 0.3) is 5.91 Å². The molecule has 1 amide bonds. The summed E-state index contributed by atoms with van der Waals surface area (Å²) in [6.45, 7) is 3.84. The fourth-order valence-corrected chi connectivity index (χ4v) is 3.50. The van der Waals surface area contributed by atoms with Crippen LogP contribution >= 0.6 is 24.0 Å². The van der Waals surface area contributed by atoms with Gasteiger partial charge >= 0.3 is 0 Å². The van der Waals surface area contributed by atoms with Gasteiger partial charge < -0.3 is 20.7 Å². The zero-order valence-electron chi connectivity index (χ0n) is 15.9. The van der Waals surface area contributed by atoms with Crippen molar-refractivity contribution in [3.8, 4) is 0 Å². The number of halogens is 1. The van der Waals surface area contributed by atoms with E-state index >= 15 is 0 Å². The molecule has 2 saturated heterocycles. The van der Waals surface area contributed by atoms with Gasteiger partial charge in [-0.15, -0.1) is 24.0 Å². The van der Waals surface area contributed by atoms with E-state index in [1.165, 1.54) is 25.7 Å². The summed E-state index contributed by atoms with van der Waals surface area (Å²) in [6.07, 6.45) is 7.14. The predicted molar refractivity (Wildman–Crippen MR) is 119 cm³/mol. The van der Waals surface area contributed by atoms with Crippen LogP contribution in [0.3, 0.4) is 0 Å². The van der Waals surface area contributed by atoms with Crippen molar-refractivity contribution in [2.24, 2.45) is 10.7 Å². The molecule has 2 aliphatic rings. The monoisotopic (exact) mass is 486 g/mol. The van der Waals surface area contributed by atoms with Crippen LogP contribution in [-0.4, -0.2) is 49.1 Å². The highest BCUT2D eigenvalue weighted by atomic mass is 127. The summed E-state index contributed by atoms with van der Waals surface area (Å²) in [4.78, 5) is 19.1. The number of carbonyl (C=O) groups excluding carboxylic acids is 1. The number of hydrogen-bond donors (Lipinski definition) is 2. The third kappa shape index (κ3) is 6.95. The largest absolute Gasteiger partial charge is 0.376 e. The summed E-state index contributed by atoms with van der Waals surface area (Å²) in [5.41, 5.74) is 7.81. The van der Waals surface area contributed by atoms with Crippen LogP contribution in [0, 0.1) is 0 Å². The van der Waals surface area contributed by atoms with Crippen LogP contribution in [0.1, 0.15) is 54.4 Å². The number of ether oxygens (including phenoxy) is 1. The number of carbonyl (C=O) groups is 1. The minimum atomic E-state index is -0.0631. The van der Waals surface area contributed by atoms with E-state index in [1.54, 1.807) is 0 Å². The lowest BCUT2D eigenvalue weighted by atomic mass is 10.1. The normalized spacial score (nSPS) is 20.7. The molecule has 150 valence electrons. The number of nitrogens with one attached hydrogen (secondary N) is 1.